The smallest absolute Gasteiger partial charge is 0.252 e. The number of ether oxygens (including phenoxy) is 3. The van der Waals surface area contributed by atoms with Gasteiger partial charge in [-0.05, 0) is 35.9 Å². The number of nitrogens with two attached hydrogens (primary N) is 1. The number of rotatable bonds is 6. The highest BCUT2D eigenvalue weighted by molar-refractivity contribution is 7.10. The molecule has 2 N–H and O–H groups in total. The minimum atomic E-state index is -0.550. The van der Waals surface area contributed by atoms with Crippen LogP contribution >= 0.6 is 11.3 Å². The van der Waals surface area contributed by atoms with Crippen LogP contribution in [-0.4, -0.2) is 17.5 Å². The zero-order valence-corrected chi connectivity index (χ0v) is 17.9. The molecule has 1 aliphatic heterocycles. The summed E-state index contributed by atoms with van der Waals surface area (Å²) in [6, 6.07) is 22.7. The second-order valence-corrected chi connectivity index (χ2v) is 8.17. The van der Waals surface area contributed by atoms with Gasteiger partial charge in [0.05, 0.1) is 11.3 Å². The first-order chi connectivity index (χ1) is 15.7. The van der Waals surface area contributed by atoms with E-state index >= 15 is 0 Å². The molecule has 0 unspecified atom stereocenters. The van der Waals surface area contributed by atoms with Crippen LogP contribution in [0.5, 0.6) is 17.2 Å². The van der Waals surface area contributed by atoms with Crippen LogP contribution in [0.3, 0.4) is 0 Å². The van der Waals surface area contributed by atoms with Gasteiger partial charge in [0.2, 0.25) is 0 Å². The summed E-state index contributed by atoms with van der Waals surface area (Å²) in [5.74, 6) is 1.33. The van der Waals surface area contributed by atoms with E-state index in [2.05, 4.69) is 0 Å². The minimum Gasteiger partial charge on any atom is -0.488 e. The summed E-state index contributed by atoms with van der Waals surface area (Å²) in [7, 11) is 0. The Morgan fingerprint density at radius 3 is 2.66 bits per heavy atom. The van der Waals surface area contributed by atoms with Crippen molar-refractivity contribution in [2.45, 2.75) is 12.7 Å². The van der Waals surface area contributed by atoms with Gasteiger partial charge in [0.15, 0.2) is 17.6 Å². The van der Waals surface area contributed by atoms with Gasteiger partial charge in [-0.15, -0.1) is 11.3 Å². The Morgan fingerprint density at radius 2 is 1.84 bits per heavy atom. The Hall–Kier alpha value is -3.84. The van der Waals surface area contributed by atoms with Crippen molar-refractivity contribution >= 4 is 17.2 Å². The number of fused-ring (bicyclic) bond motifs is 1. The van der Waals surface area contributed by atoms with Crippen LogP contribution in [0.25, 0.3) is 11.3 Å². The standard InChI is InChI=1S/C25H20N2O4S/c26-24(28)18-12-17(10-11-20(18)29-13-16-6-2-1-3-7-16)19-15-32-25(27-19)23-14-30-21-8-4-5-9-22(21)31-23/h1-12,15,23H,13-14H2,(H2,26,28)/t23-/m1/s1. The molecule has 0 radical (unpaired) electrons. The fraction of sp³-hybridized carbons (Fsp3) is 0.120. The van der Waals surface area contributed by atoms with Crippen LogP contribution in [0.4, 0.5) is 0 Å². The van der Waals surface area contributed by atoms with E-state index in [1.807, 2.05) is 66.0 Å². The van der Waals surface area contributed by atoms with Crippen LogP contribution in [0.2, 0.25) is 0 Å². The lowest BCUT2D eigenvalue weighted by Gasteiger charge is -2.24. The maximum Gasteiger partial charge on any atom is 0.252 e. The third-order valence-corrected chi connectivity index (χ3v) is 6.02. The summed E-state index contributed by atoms with van der Waals surface area (Å²) in [6.07, 6.45) is -0.285. The Kier molecular flexibility index (Phi) is 5.47. The van der Waals surface area contributed by atoms with Gasteiger partial charge in [-0.2, -0.15) is 0 Å². The maximum absolute atomic E-state index is 12.1. The summed E-state index contributed by atoms with van der Waals surface area (Å²) in [4.78, 5) is 16.8. The first kappa shape index (κ1) is 20.1. The maximum atomic E-state index is 12.1. The van der Waals surface area contributed by atoms with Crippen molar-refractivity contribution in [3.05, 3.63) is 94.3 Å². The summed E-state index contributed by atoms with van der Waals surface area (Å²) in [6.45, 7) is 0.741. The van der Waals surface area contributed by atoms with Crippen LogP contribution in [0.15, 0.2) is 78.2 Å². The number of aromatic nitrogens is 1. The van der Waals surface area contributed by atoms with Crippen LogP contribution in [0.1, 0.15) is 27.0 Å². The number of primary amides is 1. The first-order valence-corrected chi connectivity index (χ1v) is 11.0. The number of carbonyl (C=O) groups excluding carboxylic acids is 1. The fourth-order valence-corrected chi connectivity index (χ4v) is 4.29. The highest BCUT2D eigenvalue weighted by atomic mass is 32.1. The molecule has 1 aromatic heterocycles. The zero-order valence-electron chi connectivity index (χ0n) is 17.1. The van der Waals surface area contributed by atoms with Crippen molar-refractivity contribution in [3.8, 4) is 28.5 Å². The molecule has 1 amide bonds. The van der Waals surface area contributed by atoms with E-state index in [9.17, 15) is 4.79 Å². The molecule has 160 valence electrons. The predicted molar refractivity (Wildman–Crippen MR) is 122 cm³/mol. The summed E-state index contributed by atoms with van der Waals surface area (Å²) < 4.78 is 17.7. The second-order valence-electron chi connectivity index (χ2n) is 7.28. The number of amides is 1. The van der Waals surface area contributed by atoms with E-state index in [0.29, 0.717) is 30.3 Å². The fourth-order valence-electron chi connectivity index (χ4n) is 3.45. The van der Waals surface area contributed by atoms with Crippen LogP contribution < -0.4 is 19.9 Å². The average molecular weight is 445 g/mol. The number of carbonyl (C=O) groups is 1. The molecule has 0 aliphatic carbocycles. The van der Waals surface area contributed by atoms with Gasteiger partial charge in [-0.1, -0.05) is 42.5 Å². The van der Waals surface area contributed by atoms with Crippen molar-refractivity contribution < 1.29 is 19.0 Å². The van der Waals surface area contributed by atoms with Gasteiger partial charge < -0.3 is 19.9 Å². The minimum absolute atomic E-state index is 0.285. The van der Waals surface area contributed by atoms with E-state index in [4.69, 9.17) is 24.9 Å². The topological polar surface area (TPSA) is 83.7 Å². The zero-order chi connectivity index (χ0) is 21.9. The number of benzene rings is 3. The lowest BCUT2D eigenvalue weighted by molar-refractivity contribution is 0.0911. The summed E-state index contributed by atoms with van der Waals surface area (Å²) >= 11 is 1.49. The number of para-hydroxylation sites is 2. The lowest BCUT2D eigenvalue weighted by atomic mass is 10.1. The van der Waals surface area contributed by atoms with E-state index in [-0.39, 0.29) is 6.10 Å². The molecule has 0 bridgehead atoms. The van der Waals surface area contributed by atoms with Crippen molar-refractivity contribution in [3.63, 3.8) is 0 Å². The second kappa shape index (κ2) is 8.72. The lowest BCUT2D eigenvalue weighted by Crippen LogP contribution is -2.21. The van der Waals surface area contributed by atoms with E-state index in [0.717, 1.165) is 27.6 Å². The summed E-state index contributed by atoms with van der Waals surface area (Å²) in [5, 5.41) is 2.74. The van der Waals surface area contributed by atoms with Gasteiger partial charge in [-0.3, -0.25) is 4.79 Å². The molecule has 5 rings (SSSR count). The van der Waals surface area contributed by atoms with E-state index in [1.54, 1.807) is 12.1 Å². The number of hydrogen-bond donors (Lipinski definition) is 1. The SMILES string of the molecule is NC(=O)c1cc(-c2csc([C@H]3COc4ccccc4O3)n2)ccc1OCc1ccccc1. The molecule has 7 heteroatoms. The van der Waals surface area contributed by atoms with Crippen molar-refractivity contribution in [1.29, 1.82) is 0 Å². The molecule has 4 aromatic rings. The molecule has 0 spiro atoms. The van der Waals surface area contributed by atoms with E-state index < -0.39 is 5.91 Å². The van der Waals surface area contributed by atoms with Gasteiger partial charge >= 0.3 is 0 Å². The molecule has 32 heavy (non-hydrogen) atoms. The first-order valence-electron chi connectivity index (χ1n) is 10.1. The molecular weight excluding hydrogens is 424 g/mol. The highest BCUT2D eigenvalue weighted by Crippen LogP contribution is 2.38. The third kappa shape index (κ3) is 4.15. The van der Waals surface area contributed by atoms with Crippen molar-refractivity contribution in [2.24, 2.45) is 5.73 Å². The predicted octanol–water partition coefficient (Wildman–Crippen LogP) is 5.00. The highest BCUT2D eigenvalue weighted by Gasteiger charge is 2.25. The molecule has 3 aromatic carbocycles. The largest absolute Gasteiger partial charge is 0.488 e. The van der Waals surface area contributed by atoms with Gasteiger partial charge in [0, 0.05) is 10.9 Å². The molecule has 0 fully saturated rings. The van der Waals surface area contributed by atoms with Gasteiger partial charge in [-0.25, -0.2) is 4.98 Å². The normalized spacial score (nSPS) is 14.7. The van der Waals surface area contributed by atoms with Gasteiger partial charge in [0.1, 0.15) is 24.0 Å². The number of nitrogens with zero attached hydrogens (tertiary/aromatic N) is 1. The molecule has 0 saturated heterocycles. The average Bonchev–Trinajstić information content (AvgIpc) is 3.33. The Morgan fingerprint density at radius 1 is 1.06 bits per heavy atom. The molecule has 0 saturated carbocycles. The molecule has 6 nitrogen and oxygen atoms in total. The van der Waals surface area contributed by atoms with Crippen molar-refractivity contribution in [1.82, 2.24) is 4.98 Å². The number of thiazole rings is 1. The number of hydrogen-bond acceptors (Lipinski definition) is 6. The van der Waals surface area contributed by atoms with Crippen LogP contribution in [0, 0.1) is 0 Å². The third-order valence-electron chi connectivity index (χ3n) is 5.08. The Bertz CT molecular complexity index is 1260. The van der Waals surface area contributed by atoms with E-state index in [1.165, 1.54) is 11.3 Å². The quantitative estimate of drug-likeness (QED) is 0.452. The summed E-state index contributed by atoms with van der Waals surface area (Å²) in [5.41, 5.74) is 8.47. The molecule has 1 atom stereocenters. The van der Waals surface area contributed by atoms with Crippen molar-refractivity contribution in [2.75, 3.05) is 6.61 Å². The molecule has 1 aliphatic rings. The molecule has 2 heterocycles. The Labute approximate surface area is 189 Å². The molecular formula is C25H20N2O4S. The van der Waals surface area contributed by atoms with Crippen LogP contribution in [-0.2, 0) is 6.61 Å². The van der Waals surface area contributed by atoms with Gasteiger partial charge in [0.25, 0.3) is 5.91 Å². The monoisotopic (exact) mass is 444 g/mol. The Balaban J connectivity index is 1.36.